The van der Waals surface area contributed by atoms with Gasteiger partial charge in [0.25, 0.3) is 0 Å². The van der Waals surface area contributed by atoms with Gasteiger partial charge in [0, 0.05) is 24.7 Å². The van der Waals surface area contributed by atoms with Gasteiger partial charge in [0.05, 0.1) is 22.7 Å². The first-order valence-electron chi connectivity index (χ1n) is 11.7. The second-order valence-electron chi connectivity index (χ2n) is 10.8. The van der Waals surface area contributed by atoms with Crippen molar-refractivity contribution in [1.82, 2.24) is 0 Å². The molecule has 1 aromatic rings. The zero-order chi connectivity index (χ0) is 24.6. The lowest BCUT2D eigenvalue weighted by molar-refractivity contribution is -0.125. The first-order chi connectivity index (χ1) is 15.2. The Bertz CT molecular complexity index is 1000. The lowest BCUT2D eigenvalue weighted by atomic mass is 9.80. The SMILES string of the molecule is CC(C)(C)C#Cc1cc(N(C(=O)[C@H]2CC[C@@H](C)CC2)[C@@H]2CC[C@H]2OP(C)(C)=O)c(C(=O)O)s1. The van der Waals surface area contributed by atoms with Gasteiger partial charge in [-0.05, 0) is 71.3 Å². The Morgan fingerprint density at radius 1 is 1.15 bits per heavy atom. The Morgan fingerprint density at radius 3 is 2.27 bits per heavy atom. The molecule has 182 valence electrons. The van der Waals surface area contributed by atoms with Crippen LogP contribution < -0.4 is 4.90 Å². The Morgan fingerprint density at radius 2 is 1.79 bits per heavy atom. The molecule has 0 radical (unpaired) electrons. The van der Waals surface area contributed by atoms with Crippen LogP contribution in [0, 0.1) is 29.1 Å². The molecule has 1 heterocycles. The van der Waals surface area contributed by atoms with Crippen molar-refractivity contribution in [2.24, 2.45) is 17.3 Å². The van der Waals surface area contributed by atoms with Gasteiger partial charge in [0.15, 0.2) is 7.37 Å². The van der Waals surface area contributed by atoms with Gasteiger partial charge in [-0.25, -0.2) is 4.79 Å². The monoisotopic (exact) mass is 493 g/mol. The molecule has 33 heavy (non-hydrogen) atoms. The molecular formula is C25H36NO5PS. The quantitative estimate of drug-likeness (QED) is 0.383. The summed E-state index contributed by atoms with van der Waals surface area (Å²) in [4.78, 5) is 28.4. The average Bonchev–Trinajstić information content (AvgIpc) is 3.11. The third kappa shape index (κ3) is 6.72. The predicted octanol–water partition coefficient (Wildman–Crippen LogP) is 6.09. The molecule has 0 aromatic carbocycles. The molecule has 3 rings (SSSR count). The van der Waals surface area contributed by atoms with E-state index in [0.29, 0.717) is 29.3 Å². The van der Waals surface area contributed by atoms with Crippen LogP contribution in [0.4, 0.5) is 5.69 Å². The number of carbonyl (C=O) groups is 2. The van der Waals surface area contributed by atoms with E-state index in [1.54, 1.807) is 24.3 Å². The van der Waals surface area contributed by atoms with E-state index in [1.807, 2.05) is 20.8 Å². The summed E-state index contributed by atoms with van der Waals surface area (Å²) in [5.74, 6) is 5.60. The second-order valence-corrected chi connectivity index (χ2v) is 14.6. The van der Waals surface area contributed by atoms with E-state index < -0.39 is 13.3 Å². The van der Waals surface area contributed by atoms with Crippen LogP contribution >= 0.6 is 18.7 Å². The molecule has 2 fully saturated rings. The van der Waals surface area contributed by atoms with Crippen LogP contribution in [0.25, 0.3) is 0 Å². The van der Waals surface area contributed by atoms with Gasteiger partial charge in [-0.2, -0.15) is 0 Å². The largest absolute Gasteiger partial charge is 0.477 e. The van der Waals surface area contributed by atoms with E-state index in [2.05, 4.69) is 18.8 Å². The van der Waals surface area contributed by atoms with Gasteiger partial charge >= 0.3 is 5.97 Å². The molecule has 0 unspecified atom stereocenters. The number of carbonyl (C=O) groups excluding carboxylic acids is 1. The van der Waals surface area contributed by atoms with E-state index in [-0.39, 0.29) is 34.3 Å². The van der Waals surface area contributed by atoms with Crippen molar-refractivity contribution in [2.75, 3.05) is 18.2 Å². The number of thiophene rings is 1. The zero-order valence-electron chi connectivity index (χ0n) is 20.5. The van der Waals surface area contributed by atoms with Crippen LogP contribution in [0.15, 0.2) is 6.07 Å². The fourth-order valence-corrected chi connectivity index (χ4v) is 6.12. The van der Waals surface area contributed by atoms with Crippen LogP contribution in [0.5, 0.6) is 0 Å². The highest BCUT2D eigenvalue weighted by molar-refractivity contribution is 7.57. The fourth-order valence-electron chi connectivity index (χ4n) is 4.39. The molecule has 8 heteroatoms. The number of carboxylic acid groups (broad SMARTS) is 1. The summed E-state index contributed by atoms with van der Waals surface area (Å²) >= 11 is 1.10. The number of rotatable bonds is 6. The van der Waals surface area contributed by atoms with Crippen molar-refractivity contribution in [3.8, 4) is 11.8 Å². The normalized spacial score (nSPS) is 25.5. The number of carboxylic acids is 1. The highest BCUT2D eigenvalue weighted by Gasteiger charge is 2.44. The molecule has 2 atom stereocenters. The van der Waals surface area contributed by atoms with Gasteiger partial charge in [0.1, 0.15) is 4.88 Å². The minimum atomic E-state index is -2.76. The molecule has 2 saturated carbocycles. The number of aromatic carboxylic acids is 1. The van der Waals surface area contributed by atoms with Crippen molar-refractivity contribution < 1.29 is 23.8 Å². The lowest BCUT2D eigenvalue weighted by Crippen LogP contribution is -2.56. The molecule has 0 saturated heterocycles. The number of hydrogen-bond acceptors (Lipinski definition) is 5. The molecule has 0 aliphatic heterocycles. The Balaban J connectivity index is 2.02. The third-order valence-electron chi connectivity index (χ3n) is 6.23. The Hall–Kier alpha value is -1.61. The first-order valence-corrected chi connectivity index (χ1v) is 15.1. The summed E-state index contributed by atoms with van der Waals surface area (Å²) in [6.45, 7) is 11.3. The minimum Gasteiger partial charge on any atom is -0.477 e. The van der Waals surface area contributed by atoms with Crippen molar-refractivity contribution in [1.29, 1.82) is 0 Å². The standard InChI is InChI=1S/C25H36NO5PS/c1-16-7-9-17(10-8-16)23(27)26(19-11-12-21(19)31-32(5,6)30)20-15-18(13-14-25(2,3)4)33-22(20)24(28)29/h15-17,19,21H,7-12H2,1-6H3,(H,28,29)/t16-,17+,19-,21-/m1/s1. The second kappa shape index (κ2) is 9.94. The van der Waals surface area contributed by atoms with Gasteiger partial charge in [-0.3, -0.25) is 9.36 Å². The van der Waals surface area contributed by atoms with Crippen LogP contribution in [-0.2, 0) is 13.9 Å². The van der Waals surface area contributed by atoms with Crippen LogP contribution in [-0.4, -0.2) is 42.5 Å². The Kier molecular flexibility index (Phi) is 7.83. The summed E-state index contributed by atoms with van der Waals surface area (Å²) < 4.78 is 18.2. The lowest BCUT2D eigenvalue weighted by Gasteiger charge is -2.45. The van der Waals surface area contributed by atoms with Crippen LogP contribution in [0.1, 0.15) is 80.8 Å². The Labute approximate surface area is 201 Å². The maximum Gasteiger partial charge on any atom is 0.348 e. The summed E-state index contributed by atoms with van der Waals surface area (Å²) in [7, 11) is -2.76. The van der Waals surface area contributed by atoms with E-state index in [4.69, 9.17) is 4.52 Å². The topological polar surface area (TPSA) is 83.9 Å². The third-order valence-corrected chi connectivity index (χ3v) is 8.03. The van der Waals surface area contributed by atoms with Crippen LogP contribution in [0.2, 0.25) is 0 Å². The van der Waals surface area contributed by atoms with E-state index in [9.17, 15) is 19.3 Å². The van der Waals surface area contributed by atoms with E-state index in [0.717, 1.165) is 37.0 Å². The predicted molar refractivity (Wildman–Crippen MR) is 134 cm³/mol. The summed E-state index contributed by atoms with van der Waals surface area (Å²) in [5.41, 5.74) is 0.174. The van der Waals surface area contributed by atoms with Crippen molar-refractivity contribution >= 4 is 36.3 Å². The van der Waals surface area contributed by atoms with Gasteiger partial charge in [-0.15, -0.1) is 11.3 Å². The van der Waals surface area contributed by atoms with Gasteiger partial charge in [-0.1, -0.05) is 18.8 Å². The van der Waals surface area contributed by atoms with Crippen molar-refractivity contribution in [2.45, 2.75) is 78.4 Å². The number of hydrogen-bond donors (Lipinski definition) is 1. The molecule has 0 spiro atoms. The van der Waals surface area contributed by atoms with Crippen molar-refractivity contribution in [3.05, 3.63) is 15.8 Å². The number of nitrogens with zero attached hydrogens (tertiary/aromatic N) is 1. The highest BCUT2D eigenvalue weighted by atomic mass is 32.1. The van der Waals surface area contributed by atoms with E-state index >= 15 is 0 Å². The molecule has 2 aliphatic rings. The molecule has 1 aromatic heterocycles. The van der Waals surface area contributed by atoms with Crippen LogP contribution in [0.3, 0.4) is 0 Å². The smallest absolute Gasteiger partial charge is 0.348 e. The highest BCUT2D eigenvalue weighted by Crippen LogP contribution is 2.47. The zero-order valence-corrected chi connectivity index (χ0v) is 22.2. The molecule has 0 bridgehead atoms. The molecule has 1 amide bonds. The van der Waals surface area contributed by atoms with Gasteiger partial charge in [0.2, 0.25) is 5.91 Å². The fraction of sp³-hybridized carbons (Fsp3) is 0.680. The van der Waals surface area contributed by atoms with Crippen molar-refractivity contribution in [3.63, 3.8) is 0 Å². The molecule has 1 N–H and O–H groups in total. The summed E-state index contributed by atoms with van der Waals surface area (Å²) in [6.07, 6.45) is 4.62. The summed E-state index contributed by atoms with van der Waals surface area (Å²) in [5, 5.41) is 9.96. The number of anilines is 1. The summed E-state index contributed by atoms with van der Waals surface area (Å²) in [6, 6.07) is 1.42. The minimum absolute atomic E-state index is 0.0436. The molecule has 2 aliphatic carbocycles. The van der Waals surface area contributed by atoms with E-state index in [1.165, 1.54) is 0 Å². The average molecular weight is 494 g/mol. The number of amides is 1. The maximum absolute atomic E-state index is 13.8. The van der Waals surface area contributed by atoms with Gasteiger partial charge < -0.3 is 14.5 Å². The molecular weight excluding hydrogens is 457 g/mol. The first kappa shape index (κ1) is 26.0. The molecule has 6 nitrogen and oxygen atoms in total. The maximum atomic E-state index is 13.8.